The maximum absolute atomic E-state index is 12.4. The van der Waals surface area contributed by atoms with Crippen molar-refractivity contribution in [1.82, 2.24) is 0 Å². The molecule has 5 rings (SSSR count). The molecular formula is C26H23ClN2O2. The number of carbonyl (C=O) groups is 1. The largest absolute Gasteiger partial charge is 0.457 e. The van der Waals surface area contributed by atoms with Gasteiger partial charge in [0.25, 0.3) is 5.24 Å². The Labute approximate surface area is 186 Å². The minimum atomic E-state index is -0.462. The zero-order valence-electron chi connectivity index (χ0n) is 17.2. The fourth-order valence-corrected chi connectivity index (χ4v) is 4.69. The number of hydrogen-bond donors (Lipinski definition) is 2. The van der Waals surface area contributed by atoms with Crippen molar-refractivity contribution in [2.24, 2.45) is 0 Å². The van der Waals surface area contributed by atoms with Gasteiger partial charge in [-0.3, -0.25) is 4.79 Å². The van der Waals surface area contributed by atoms with Crippen LogP contribution < -0.4 is 15.4 Å². The van der Waals surface area contributed by atoms with Crippen LogP contribution in [0.2, 0.25) is 0 Å². The van der Waals surface area contributed by atoms with Crippen molar-refractivity contribution < 1.29 is 9.53 Å². The first kappa shape index (κ1) is 19.7. The van der Waals surface area contributed by atoms with Gasteiger partial charge in [0.2, 0.25) is 0 Å². The molecule has 1 unspecified atom stereocenters. The van der Waals surface area contributed by atoms with Crippen LogP contribution in [0.15, 0.2) is 78.0 Å². The van der Waals surface area contributed by atoms with E-state index in [2.05, 4.69) is 28.8 Å². The summed E-state index contributed by atoms with van der Waals surface area (Å²) in [7, 11) is 0. The highest BCUT2D eigenvalue weighted by Gasteiger charge is 2.29. The number of halogens is 1. The van der Waals surface area contributed by atoms with Gasteiger partial charge in [0.15, 0.2) is 0 Å². The quantitative estimate of drug-likeness (QED) is 0.458. The summed E-state index contributed by atoms with van der Waals surface area (Å²) in [6, 6.07) is 21.6. The van der Waals surface area contributed by atoms with Crippen LogP contribution in [-0.2, 0) is 17.6 Å². The zero-order chi connectivity index (χ0) is 21.4. The van der Waals surface area contributed by atoms with Gasteiger partial charge in [-0.2, -0.15) is 0 Å². The Hall–Kier alpha value is -3.24. The monoisotopic (exact) mass is 430 g/mol. The highest BCUT2D eigenvalue weighted by molar-refractivity contribution is 6.68. The van der Waals surface area contributed by atoms with Crippen LogP contribution in [0.25, 0.3) is 0 Å². The van der Waals surface area contributed by atoms with E-state index in [1.54, 1.807) is 0 Å². The molecular weight excluding hydrogens is 408 g/mol. The Morgan fingerprint density at radius 3 is 2.55 bits per heavy atom. The van der Waals surface area contributed by atoms with Gasteiger partial charge in [-0.25, -0.2) is 0 Å². The van der Waals surface area contributed by atoms with Gasteiger partial charge < -0.3 is 15.4 Å². The summed E-state index contributed by atoms with van der Waals surface area (Å²) in [5, 5.41) is 6.44. The van der Waals surface area contributed by atoms with Crippen molar-refractivity contribution in [3.63, 3.8) is 0 Å². The molecule has 0 fully saturated rings. The van der Waals surface area contributed by atoms with E-state index >= 15 is 0 Å². The number of anilines is 2. The Balaban J connectivity index is 1.52. The third-order valence-corrected chi connectivity index (χ3v) is 6.16. The second-order valence-electron chi connectivity index (χ2n) is 8.02. The van der Waals surface area contributed by atoms with Crippen molar-refractivity contribution >= 4 is 28.2 Å². The first-order valence-electron chi connectivity index (χ1n) is 10.5. The van der Waals surface area contributed by atoms with Crippen molar-refractivity contribution in [3.05, 3.63) is 94.7 Å². The Bertz CT molecular complexity index is 1190. The summed E-state index contributed by atoms with van der Waals surface area (Å²) < 4.78 is 5.98. The minimum absolute atomic E-state index is 0.328. The van der Waals surface area contributed by atoms with Crippen LogP contribution in [0.3, 0.4) is 0 Å². The second kappa shape index (κ2) is 8.12. The summed E-state index contributed by atoms with van der Waals surface area (Å²) in [4.78, 5) is 12.4. The van der Waals surface area contributed by atoms with Gasteiger partial charge >= 0.3 is 0 Å². The molecule has 0 radical (unpaired) electrons. The molecule has 3 aromatic carbocycles. The van der Waals surface area contributed by atoms with E-state index in [1.165, 1.54) is 17.5 Å². The smallest absolute Gasteiger partial charge is 0.252 e. The van der Waals surface area contributed by atoms with E-state index in [0.29, 0.717) is 11.3 Å². The molecule has 5 heteroatoms. The first-order chi connectivity index (χ1) is 15.1. The molecule has 0 saturated carbocycles. The Morgan fingerprint density at radius 1 is 0.935 bits per heavy atom. The Morgan fingerprint density at radius 2 is 1.74 bits per heavy atom. The fraction of sp³-hybridized carbons (Fsp3) is 0.192. The molecule has 0 aromatic heterocycles. The number of allylic oxidation sites excluding steroid dienone is 1. The van der Waals surface area contributed by atoms with Crippen LogP contribution in [0, 0.1) is 0 Å². The third-order valence-electron chi connectivity index (χ3n) is 5.95. The van der Waals surface area contributed by atoms with E-state index in [4.69, 9.17) is 16.3 Å². The zero-order valence-corrected chi connectivity index (χ0v) is 18.0. The lowest BCUT2D eigenvalue weighted by molar-refractivity contribution is -0.108. The molecule has 1 aliphatic carbocycles. The lowest BCUT2D eigenvalue weighted by atomic mass is 9.95. The molecule has 3 aromatic rings. The average Bonchev–Trinajstić information content (AvgIpc) is 3.17. The molecule has 1 aliphatic heterocycles. The molecule has 0 spiro atoms. The van der Waals surface area contributed by atoms with Crippen LogP contribution in [0.4, 0.5) is 11.4 Å². The molecule has 2 aliphatic rings. The number of carbonyl (C=O) groups excluding carboxylic acids is 1. The van der Waals surface area contributed by atoms with E-state index in [-0.39, 0.29) is 6.04 Å². The Kier molecular flexibility index (Phi) is 5.16. The number of ether oxygens (including phenoxy) is 1. The van der Waals surface area contributed by atoms with Gasteiger partial charge in [-0.15, -0.1) is 0 Å². The number of para-hydroxylation sites is 1. The summed E-state index contributed by atoms with van der Waals surface area (Å²) in [5.41, 5.74) is 6.79. The average molecular weight is 431 g/mol. The molecule has 0 saturated heterocycles. The van der Waals surface area contributed by atoms with Crippen molar-refractivity contribution in [2.75, 3.05) is 10.6 Å². The van der Waals surface area contributed by atoms with Gasteiger partial charge in [0.1, 0.15) is 11.5 Å². The lowest BCUT2D eigenvalue weighted by Crippen LogP contribution is -2.18. The molecule has 156 valence electrons. The standard InChI is InChI=1S/C26H23ClN2O2/c1-16-24(26(27)30)25(19-11-10-17-6-5-7-18(17)14-19)29-22-13-12-21(15-23(22)28-16)31-20-8-3-2-4-9-20/h2-4,8-15,25,28-29H,5-7H2,1H3. The number of rotatable bonds is 4. The number of nitrogens with one attached hydrogen (secondary N) is 2. The normalized spacial score (nSPS) is 17.2. The van der Waals surface area contributed by atoms with Crippen molar-refractivity contribution in [2.45, 2.75) is 32.2 Å². The van der Waals surface area contributed by atoms with Crippen LogP contribution in [0.5, 0.6) is 11.5 Å². The SMILES string of the molecule is CC1=C(C(=O)Cl)C(c2ccc3c(c2)CCC3)Nc2ccc(Oc3ccccc3)cc2N1. The molecule has 4 nitrogen and oxygen atoms in total. The van der Waals surface area contributed by atoms with E-state index in [9.17, 15) is 4.79 Å². The van der Waals surface area contributed by atoms with Crippen LogP contribution >= 0.6 is 11.6 Å². The van der Waals surface area contributed by atoms with Gasteiger partial charge in [-0.05, 0) is 78.7 Å². The van der Waals surface area contributed by atoms with Gasteiger partial charge in [0, 0.05) is 11.8 Å². The number of benzene rings is 3. The van der Waals surface area contributed by atoms with Crippen LogP contribution in [0.1, 0.15) is 36.1 Å². The van der Waals surface area contributed by atoms with Gasteiger partial charge in [-0.1, -0.05) is 36.4 Å². The maximum atomic E-state index is 12.4. The maximum Gasteiger partial charge on any atom is 0.252 e. The number of fused-ring (bicyclic) bond motifs is 2. The first-order valence-corrected chi connectivity index (χ1v) is 10.9. The minimum Gasteiger partial charge on any atom is -0.457 e. The summed E-state index contributed by atoms with van der Waals surface area (Å²) in [6.45, 7) is 1.89. The topological polar surface area (TPSA) is 50.4 Å². The summed E-state index contributed by atoms with van der Waals surface area (Å²) in [6.07, 6.45) is 3.39. The second-order valence-corrected chi connectivity index (χ2v) is 8.36. The van der Waals surface area contributed by atoms with Gasteiger partial charge in [0.05, 0.1) is 23.0 Å². The van der Waals surface area contributed by atoms with Crippen molar-refractivity contribution in [1.29, 1.82) is 0 Å². The molecule has 1 heterocycles. The van der Waals surface area contributed by atoms with E-state index in [0.717, 1.165) is 41.2 Å². The highest BCUT2D eigenvalue weighted by Crippen LogP contribution is 2.40. The fourth-order valence-electron chi connectivity index (χ4n) is 4.44. The lowest BCUT2D eigenvalue weighted by Gasteiger charge is -2.21. The number of aryl methyl sites for hydroxylation is 2. The molecule has 2 N–H and O–H groups in total. The molecule has 0 amide bonds. The summed E-state index contributed by atoms with van der Waals surface area (Å²) >= 11 is 6.07. The predicted molar refractivity (Wildman–Crippen MR) is 125 cm³/mol. The van der Waals surface area contributed by atoms with Crippen LogP contribution in [-0.4, -0.2) is 5.24 Å². The molecule has 1 atom stereocenters. The van der Waals surface area contributed by atoms with E-state index in [1.807, 2.05) is 55.5 Å². The highest BCUT2D eigenvalue weighted by atomic mass is 35.5. The summed E-state index contributed by atoms with van der Waals surface area (Å²) in [5.74, 6) is 1.48. The van der Waals surface area contributed by atoms with Crippen molar-refractivity contribution in [3.8, 4) is 11.5 Å². The third kappa shape index (κ3) is 3.91. The van der Waals surface area contributed by atoms with E-state index < -0.39 is 5.24 Å². The molecule has 31 heavy (non-hydrogen) atoms. The number of hydrogen-bond acceptors (Lipinski definition) is 4. The predicted octanol–water partition coefficient (Wildman–Crippen LogP) is 6.59. The molecule has 0 bridgehead atoms.